The minimum Gasteiger partial charge on any atom is -0.390 e. The molecule has 2 aliphatic carbocycles. The summed E-state index contributed by atoms with van der Waals surface area (Å²) in [4.78, 5) is 14.6. The van der Waals surface area contributed by atoms with Crippen LogP contribution in [0.15, 0.2) is 23.0 Å². The second kappa shape index (κ2) is 9.46. The molecule has 3 N–H and O–H groups in total. The van der Waals surface area contributed by atoms with Gasteiger partial charge in [-0.1, -0.05) is 33.3 Å². The molecule has 1 aromatic heterocycles. The van der Waals surface area contributed by atoms with E-state index in [1.165, 1.54) is 12.8 Å². The fourth-order valence-electron chi connectivity index (χ4n) is 9.45. The number of likely N-dealkylation sites (tertiary alicyclic amines) is 1. The summed E-state index contributed by atoms with van der Waals surface area (Å²) >= 11 is 0. The first-order valence-electron chi connectivity index (χ1n) is 14.8. The molecular weight excluding hydrogens is 464 g/mol. The van der Waals surface area contributed by atoms with Gasteiger partial charge in [0.2, 0.25) is 0 Å². The van der Waals surface area contributed by atoms with E-state index in [0.717, 1.165) is 57.4 Å². The van der Waals surface area contributed by atoms with Crippen LogP contribution in [0.25, 0.3) is 0 Å². The number of pyridine rings is 1. The van der Waals surface area contributed by atoms with Gasteiger partial charge in [-0.2, -0.15) is 0 Å². The summed E-state index contributed by atoms with van der Waals surface area (Å²) < 4.78 is 1.93. The lowest BCUT2D eigenvalue weighted by molar-refractivity contribution is -0.176. The minimum absolute atomic E-state index is 0.0559. The number of β-amino-alcohol motifs (C(OH)–C–C–N with tert-alkyl or cyclic N) is 1. The van der Waals surface area contributed by atoms with Crippen LogP contribution in [0.5, 0.6) is 0 Å². The van der Waals surface area contributed by atoms with Crippen molar-refractivity contribution >= 4 is 0 Å². The van der Waals surface area contributed by atoms with E-state index < -0.39 is 17.3 Å². The second-order valence-corrected chi connectivity index (χ2v) is 14.7. The topological polar surface area (TPSA) is 85.9 Å². The molecule has 6 heteroatoms. The van der Waals surface area contributed by atoms with E-state index in [1.807, 2.05) is 17.6 Å². The molecule has 2 aliphatic heterocycles. The van der Waals surface area contributed by atoms with Crippen LogP contribution in [-0.2, 0) is 6.54 Å². The van der Waals surface area contributed by atoms with Crippen LogP contribution in [-0.4, -0.2) is 61.7 Å². The molecule has 3 fully saturated rings. The Morgan fingerprint density at radius 2 is 1.86 bits per heavy atom. The molecule has 208 valence electrons. The first kappa shape index (κ1) is 27.4. The zero-order chi connectivity index (χ0) is 26.8. The van der Waals surface area contributed by atoms with Gasteiger partial charge < -0.3 is 19.9 Å². The van der Waals surface area contributed by atoms with E-state index in [0.29, 0.717) is 30.7 Å². The van der Waals surface area contributed by atoms with E-state index in [1.54, 1.807) is 13.0 Å². The van der Waals surface area contributed by atoms with Crippen LogP contribution in [0.4, 0.5) is 0 Å². The highest BCUT2D eigenvalue weighted by atomic mass is 16.3. The minimum atomic E-state index is -1.22. The van der Waals surface area contributed by atoms with E-state index in [9.17, 15) is 20.1 Å². The maximum Gasteiger partial charge on any atom is 0.250 e. The van der Waals surface area contributed by atoms with Gasteiger partial charge in [0.1, 0.15) is 0 Å². The summed E-state index contributed by atoms with van der Waals surface area (Å²) in [6.45, 7) is 13.8. The molecule has 2 bridgehead atoms. The van der Waals surface area contributed by atoms with Crippen LogP contribution in [0.1, 0.15) is 97.6 Å². The Morgan fingerprint density at radius 1 is 1.11 bits per heavy atom. The van der Waals surface area contributed by atoms with Gasteiger partial charge in [-0.3, -0.25) is 9.69 Å². The van der Waals surface area contributed by atoms with Crippen molar-refractivity contribution in [3.8, 4) is 0 Å². The van der Waals surface area contributed by atoms with Gasteiger partial charge in [0.05, 0.1) is 17.3 Å². The molecule has 1 aromatic rings. The van der Waals surface area contributed by atoms with Crippen molar-refractivity contribution in [2.24, 2.45) is 28.6 Å². The molecule has 4 aliphatic rings. The molecule has 0 spiro atoms. The molecule has 0 unspecified atom stereocenters. The average Bonchev–Trinajstić information content (AvgIpc) is 2.78. The average molecular weight is 515 g/mol. The summed E-state index contributed by atoms with van der Waals surface area (Å²) in [7, 11) is 0. The van der Waals surface area contributed by atoms with Crippen LogP contribution < -0.4 is 5.56 Å². The summed E-state index contributed by atoms with van der Waals surface area (Å²) in [5.41, 5.74) is -0.437. The molecule has 1 saturated heterocycles. The van der Waals surface area contributed by atoms with Gasteiger partial charge in [-0.05, 0) is 93.4 Å². The molecule has 6 nitrogen and oxygen atoms in total. The van der Waals surface area contributed by atoms with Crippen LogP contribution in [0.2, 0.25) is 0 Å². The summed E-state index contributed by atoms with van der Waals surface area (Å²) in [6, 6.07) is 5.56. The number of hydrogen-bond acceptors (Lipinski definition) is 5. The molecule has 0 radical (unpaired) electrons. The van der Waals surface area contributed by atoms with Crippen LogP contribution in [0, 0.1) is 28.6 Å². The van der Waals surface area contributed by atoms with Crippen molar-refractivity contribution in [3.63, 3.8) is 0 Å². The molecular formula is C31H50N2O4. The zero-order valence-electron chi connectivity index (χ0n) is 23.7. The van der Waals surface area contributed by atoms with E-state index in [4.69, 9.17) is 0 Å². The predicted molar refractivity (Wildman–Crippen MR) is 146 cm³/mol. The number of hydrogen-bond donors (Lipinski definition) is 3. The molecule has 5 rings (SSSR count). The number of aromatic nitrogens is 1. The Labute approximate surface area is 223 Å². The molecule has 8 atom stereocenters. The first-order valence-corrected chi connectivity index (χ1v) is 14.8. The Balaban J connectivity index is 1.25. The summed E-state index contributed by atoms with van der Waals surface area (Å²) in [5, 5.41) is 34.3. The number of aliphatic hydroxyl groups is 3. The monoisotopic (exact) mass is 514 g/mol. The van der Waals surface area contributed by atoms with E-state index >= 15 is 0 Å². The third kappa shape index (κ3) is 4.97. The van der Waals surface area contributed by atoms with Gasteiger partial charge in [-0.25, -0.2) is 0 Å². The lowest BCUT2D eigenvalue weighted by Gasteiger charge is -2.61. The van der Waals surface area contributed by atoms with Crippen molar-refractivity contribution in [1.82, 2.24) is 9.47 Å². The van der Waals surface area contributed by atoms with Gasteiger partial charge in [0.25, 0.3) is 5.56 Å². The number of nitrogens with zero attached hydrogens (tertiary/aromatic N) is 2. The molecule has 2 saturated carbocycles. The number of aliphatic hydroxyl groups excluding tert-OH is 1. The van der Waals surface area contributed by atoms with Crippen molar-refractivity contribution in [2.75, 3.05) is 19.6 Å². The first-order chi connectivity index (χ1) is 17.2. The fraction of sp³-hybridized carbons (Fsp3) is 0.839. The van der Waals surface area contributed by atoms with Gasteiger partial charge in [0, 0.05) is 43.9 Å². The lowest BCUT2D eigenvalue weighted by Crippen LogP contribution is -2.58. The second-order valence-electron chi connectivity index (χ2n) is 14.7. The summed E-state index contributed by atoms with van der Waals surface area (Å²) in [5.74, 6) is 1.38. The zero-order valence-corrected chi connectivity index (χ0v) is 23.7. The highest BCUT2D eigenvalue weighted by Crippen LogP contribution is 2.63. The fourth-order valence-corrected chi connectivity index (χ4v) is 9.45. The molecule has 0 aromatic carbocycles. The highest BCUT2D eigenvalue weighted by Gasteiger charge is 2.58. The molecule has 3 heterocycles. The molecule has 37 heavy (non-hydrogen) atoms. The SMILES string of the molecule is CC1(C)CCC[C@@]2(C)[C@@H]1CC[C@@](C)(O)[C@@H]2CC[C@](C)(O)[C@@H](O)CN1C[C@H]2C[C@@H](C1)c1cccc(=O)n1C2. The van der Waals surface area contributed by atoms with E-state index in [2.05, 4.69) is 31.7 Å². The number of piperidine rings is 1. The van der Waals surface area contributed by atoms with Crippen molar-refractivity contribution in [3.05, 3.63) is 34.2 Å². The Morgan fingerprint density at radius 3 is 2.62 bits per heavy atom. The Bertz CT molecular complexity index is 1050. The van der Waals surface area contributed by atoms with Crippen molar-refractivity contribution in [2.45, 2.75) is 116 Å². The smallest absolute Gasteiger partial charge is 0.250 e. The maximum atomic E-state index is 12.3. The normalized spacial score (nSPS) is 39.8. The van der Waals surface area contributed by atoms with Crippen LogP contribution in [0.3, 0.4) is 0 Å². The number of fused-ring (bicyclic) bond motifs is 5. The number of rotatable bonds is 6. The van der Waals surface area contributed by atoms with Gasteiger partial charge in [-0.15, -0.1) is 0 Å². The summed E-state index contributed by atoms with van der Waals surface area (Å²) in [6.07, 6.45) is 6.88. The molecule has 0 amide bonds. The highest BCUT2D eigenvalue weighted by molar-refractivity contribution is 5.17. The third-order valence-electron chi connectivity index (χ3n) is 11.4. The van der Waals surface area contributed by atoms with Gasteiger partial charge in [0.15, 0.2) is 0 Å². The Kier molecular flexibility index (Phi) is 7.00. The van der Waals surface area contributed by atoms with Gasteiger partial charge >= 0.3 is 0 Å². The standard InChI is InChI=1S/C31H50N2O4/c1-28(2)12-7-13-29(3)24(28)10-14-30(4,36)25(29)11-15-31(5,37)26(34)20-32-17-21-16-22(19-32)23-8-6-9-27(35)33(23)18-21/h6,8-9,21-22,24-26,34,36-37H,7,10-20H2,1-5H3/t21-,22+,24-,25-,26+,29+,30-,31+/m1/s1. The van der Waals surface area contributed by atoms with E-state index in [-0.39, 0.29) is 22.3 Å². The van der Waals surface area contributed by atoms with Crippen LogP contribution >= 0.6 is 0 Å². The Hall–Kier alpha value is -1.21. The van der Waals surface area contributed by atoms with Crippen molar-refractivity contribution < 1.29 is 15.3 Å². The van der Waals surface area contributed by atoms with Crippen molar-refractivity contribution in [1.29, 1.82) is 0 Å². The third-order valence-corrected chi connectivity index (χ3v) is 11.4. The largest absolute Gasteiger partial charge is 0.390 e. The quantitative estimate of drug-likeness (QED) is 0.531. The maximum absolute atomic E-state index is 12.3. The lowest BCUT2D eigenvalue weighted by atomic mass is 9.45. The predicted octanol–water partition coefficient (Wildman–Crippen LogP) is 4.15.